The number of aromatic amines is 1. The average Bonchev–Trinajstić information content (AvgIpc) is 3.25. The lowest BCUT2D eigenvalue weighted by atomic mass is 9.77. The molecule has 4 rings (SSSR count). The molecule has 31 heavy (non-hydrogen) atoms. The van der Waals surface area contributed by atoms with E-state index in [1.807, 2.05) is 19.1 Å². The molecule has 9 heteroatoms. The van der Waals surface area contributed by atoms with Gasteiger partial charge in [0.15, 0.2) is 5.82 Å². The molecule has 160 valence electrons. The smallest absolute Gasteiger partial charge is 0.153 e. The fourth-order valence-corrected chi connectivity index (χ4v) is 3.50. The Labute approximate surface area is 191 Å². The number of fused-ring (bicyclic) bond motifs is 1. The molecule has 0 aliphatic heterocycles. The van der Waals surface area contributed by atoms with Crippen molar-refractivity contribution in [1.29, 1.82) is 5.26 Å². The maximum absolute atomic E-state index is 13.5. The second-order valence-corrected chi connectivity index (χ2v) is 7.00. The summed E-state index contributed by atoms with van der Waals surface area (Å²) in [6.45, 7) is 1.87. The minimum atomic E-state index is -1.40. The molecule has 2 unspecified atom stereocenters. The number of aromatic nitrogens is 4. The first-order chi connectivity index (χ1) is 14.0. The molecule has 0 aliphatic rings. The van der Waals surface area contributed by atoms with Crippen LogP contribution in [0.3, 0.4) is 0 Å². The van der Waals surface area contributed by atoms with Crippen LogP contribution < -0.4 is 0 Å². The number of hydrogen-bond acceptors (Lipinski definition) is 5. The van der Waals surface area contributed by atoms with Crippen LogP contribution >= 0.6 is 24.8 Å². The molecule has 2 aromatic carbocycles. The van der Waals surface area contributed by atoms with E-state index in [1.165, 1.54) is 18.5 Å². The van der Waals surface area contributed by atoms with Crippen molar-refractivity contribution < 1.29 is 9.50 Å². The molecule has 0 saturated heterocycles. The summed E-state index contributed by atoms with van der Waals surface area (Å²) in [7, 11) is 0. The lowest BCUT2D eigenvalue weighted by Gasteiger charge is -2.34. The summed E-state index contributed by atoms with van der Waals surface area (Å²) in [5, 5.41) is 28.4. The van der Waals surface area contributed by atoms with Crippen molar-refractivity contribution in [3.63, 3.8) is 0 Å². The summed E-state index contributed by atoms with van der Waals surface area (Å²) < 4.78 is 13.5. The van der Waals surface area contributed by atoms with Gasteiger partial charge in [-0.05, 0) is 42.0 Å². The van der Waals surface area contributed by atoms with E-state index in [0.717, 1.165) is 10.9 Å². The largest absolute Gasteiger partial charge is 0.384 e. The zero-order valence-electron chi connectivity index (χ0n) is 16.5. The monoisotopic (exact) mass is 459 g/mol. The molecule has 2 heterocycles. The Kier molecular flexibility index (Phi) is 7.69. The van der Waals surface area contributed by atoms with Crippen LogP contribution in [0.15, 0.2) is 60.9 Å². The number of hydrogen-bond donors (Lipinski definition) is 2. The molecule has 2 N–H and O–H groups in total. The first-order valence-corrected chi connectivity index (χ1v) is 9.13. The Bertz CT molecular complexity index is 1190. The highest BCUT2D eigenvalue weighted by Gasteiger charge is 2.39. The lowest BCUT2D eigenvalue weighted by Crippen LogP contribution is -2.35. The van der Waals surface area contributed by atoms with Crippen LogP contribution in [0.2, 0.25) is 0 Å². The molecule has 2 atom stereocenters. The van der Waals surface area contributed by atoms with Crippen molar-refractivity contribution in [3.8, 4) is 6.07 Å². The molecular formula is C22H20Cl2FN5O. The summed E-state index contributed by atoms with van der Waals surface area (Å²) in [4.78, 5) is 8.83. The van der Waals surface area contributed by atoms with Gasteiger partial charge in [0, 0.05) is 23.4 Å². The first kappa shape index (κ1) is 24.2. The molecule has 2 aromatic heterocycles. The summed E-state index contributed by atoms with van der Waals surface area (Å²) in [6.07, 6.45) is 1.59. The third-order valence-corrected chi connectivity index (χ3v) is 5.24. The van der Waals surface area contributed by atoms with E-state index in [9.17, 15) is 9.50 Å². The van der Waals surface area contributed by atoms with Crippen molar-refractivity contribution in [3.05, 3.63) is 89.4 Å². The summed E-state index contributed by atoms with van der Waals surface area (Å²) in [6, 6.07) is 16.9. The second kappa shape index (κ2) is 9.84. The highest BCUT2D eigenvalue weighted by atomic mass is 35.5. The van der Waals surface area contributed by atoms with Gasteiger partial charge in [0.2, 0.25) is 0 Å². The zero-order valence-corrected chi connectivity index (χ0v) is 18.1. The number of H-pyrrole nitrogens is 1. The molecule has 0 aliphatic carbocycles. The van der Waals surface area contributed by atoms with Gasteiger partial charge < -0.3 is 5.11 Å². The minimum Gasteiger partial charge on any atom is -0.384 e. The Morgan fingerprint density at radius 1 is 1.13 bits per heavy atom. The Morgan fingerprint density at radius 2 is 1.87 bits per heavy atom. The maximum atomic E-state index is 13.5. The third kappa shape index (κ3) is 4.83. The van der Waals surface area contributed by atoms with Crippen molar-refractivity contribution in [2.45, 2.75) is 24.9 Å². The van der Waals surface area contributed by atoms with Crippen LogP contribution in [0, 0.1) is 17.1 Å². The fraction of sp³-hybridized carbons (Fsp3) is 0.182. The van der Waals surface area contributed by atoms with E-state index in [1.54, 1.807) is 30.3 Å². The molecular weight excluding hydrogens is 440 g/mol. The van der Waals surface area contributed by atoms with E-state index in [-0.39, 0.29) is 37.1 Å². The highest BCUT2D eigenvalue weighted by Crippen LogP contribution is 2.39. The van der Waals surface area contributed by atoms with Crippen LogP contribution in [0.5, 0.6) is 0 Å². The predicted molar refractivity (Wildman–Crippen MR) is 120 cm³/mol. The normalized spacial score (nSPS) is 13.4. The third-order valence-electron chi connectivity index (χ3n) is 5.24. The Morgan fingerprint density at radius 3 is 2.52 bits per heavy atom. The molecule has 0 bridgehead atoms. The van der Waals surface area contributed by atoms with Crippen molar-refractivity contribution >= 4 is 35.7 Å². The number of aliphatic hydroxyl groups is 1. The standard InChI is InChI=1S/C22H18FN5O.2ClH/c1-14(19-9-3-16-10-15(12-24)2-8-20(16)27-19)22(29,11-21-25-13-26-28-21)17-4-6-18(23)7-5-17;;/h2-10,13-14,29H,11H2,1H3,(H,25,26,28);2*1H. The van der Waals surface area contributed by atoms with Gasteiger partial charge in [0.25, 0.3) is 0 Å². The minimum absolute atomic E-state index is 0. The van der Waals surface area contributed by atoms with Gasteiger partial charge in [-0.3, -0.25) is 10.1 Å². The summed E-state index contributed by atoms with van der Waals surface area (Å²) in [5.74, 6) is -0.367. The number of rotatable bonds is 5. The van der Waals surface area contributed by atoms with Gasteiger partial charge in [-0.2, -0.15) is 10.4 Å². The molecule has 0 spiro atoms. The number of nitriles is 1. The van der Waals surface area contributed by atoms with E-state index in [0.29, 0.717) is 22.6 Å². The van der Waals surface area contributed by atoms with Gasteiger partial charge in [-0.1, -0.05) is 25.1 Å². The van der Waals surface area contributed by atoms with Gasteiger partial charge >= 0.3 is 0 Å². The highest BCUT2D eigenvalue weighted by molar-refractivity contribution is 5.85. The lowest BCUT2D eigenvalue weighted by molar-refractivity contribution is 0.00963. The number of nitrogens with zero attached hydrogens (tertiary/aromatic N) is 4. The Balaban J connectivity index is 0.00000171. The van der Waals surface area contributed by atoms with Gasteiger partial charge in [-0.25, -0.2) is 9.37 Å². The zero-order chi connectivity index (χ0) is 20.4. The van der Waals surface area contributed by atoms with Gasteiger partial charge in [0.05, 0.1) is 17.1 Å². The molecule has 0 radical (unpaired) electrons. The molecule has 6 nitrogen and oxygen atoms in total. The van der Waals surface area contributed by atoms with Crippen LogP contribution in [0.25, 0.3) is 10.9 Å². The van der Waals surface area contributed by atoms with Crippen LogP contribution in [-0.4, -0.2) is 25.3 Å². The van der Waals surface area contributed by atoms with E-state index >= 15 is 0 Å². The quantitative estimate of drug-likeness (QED) is 0.459. The SMILES string of the molecule is CC(c1ccc2cc(C#N)ccc2n1)C(O)(Cc1nc[nH]n1)c1ccc(F)cc1.Cl.Cl. The van der Waals surface area contributed by atoms with Crippen LogP contribution in [0.1, 0.15) is 35.5 Å². The number of benzene rings is 2. The number of halogens is 3. The van der Waals surface area contributed by atoms with Crippen molar-refractivity contribution in [2.24, 2.45) is 0 Å². The maximum Gasteiger partial charge on any atom is 0.153 e. The molecule has 4 aromatic rings. The van der Waals surface area contributed by atoms with E-state index in [2.05, 4.69) is 21.3 Å². The van der Waals surface area contributed by atoms with Crippen molar-refractivity contribution in [2.75, 3.05) is 0 Å². The molecule has 0 fully saturated rings. The summed E-state index contributed by atoms with van der Waals surface area (Å²) >= 11 is 0. The molecule has 0 amide bonds. The predicted octanol–water partition coefficient (Wildman–Crippen LogP) is 4.44. The first-order valence-electron chi connectivity index (χ1n) is 9.13. The van der Waals surface area contributed by atoms with Gasteiger partial charge in [-0.15, -0.1) is 24.8 Å². The summed E-state index contributed by atoms with van der Waals surface area (Å²) in [5.41, 5.74) is 1.12. The second-order valence-electron chi connectivity index (χ2n) is 7.00. The van der Waals surface area contributed by atoms with Crippen LogP contribution in [0.4, 0.5) is 4.39 Å². The molecule has 0 saturated carbocycles. The Hall–Kier alpha value is -3.05. The van der Waals surface area contributed by atoms with Crippen LogP contribution in [-0.2, 0) is 12.0 Å². The number of pyridine rings is 1. The average molecular weight is 460 g/mol. The number of nitrogens with one attached hydrogen (secondary N) is 1. The fourth-order valence-electron chi connectivity index (χ4n) is 3.50. The topological polar surface area (TPSA) is 98.5 Å². The van der Waals surface area contributed by atoms with E-state index in [4.69, 9.17) is 10.2 Å². The van der Waals surface area contributed by atoms with E-state index < -0.39 is 11.5 Å². The van der Waals surface area contributed by atoms with Crippen molar-refractivity contribution in [1.82, 2.24) is 20.2 Å². The van der Waals surface area contributed by atoms with Gasteiger partial charge in [0.1, 0.15) is 17.7 Å².